The predicted molar refractivity (Wildman–Crippen MR) is 141 cm³/mol. The summed E-state index contributed by atoms with van der Waals surface area (Å²) in [5, 5.41) is 3.28. The fraction of sp³-hybridized carbons (Fsp3) is 0.355. The van der Waals surface area contributed by atoms with Crippen LogP contribution in [0.3, 0.4) is 0 Å². The van der Waals surface area contributed by atoms with Crippen molar-refractivity contribution in [1.29, 1.82) is 0 Å². The summed E-state index contributed by atoms with van der Waals surface area (Å²) >= 11 is 0. The van der Waals surface area contributed by atoms with Crippen molar-refractivity contribution < 1.29 is 9.59 Å². The first-order valence-electron chi connectivity index (χ1n) is 12.7. The summed E-state index contributed by atoms with van der Waals surface area (Å²) in [6.45, 7) is 4.50. The Kier molecular flexibility index (Phi) is 8.36. The molecule has 3 aromatic carbocycles. The maximum Gasteiger partial charge on any atom is 0.243 e. The highest BCUT2D eigenvalue weighted by Gasteiger charge is 2.32. The minimum atomic E-state index is -0.574. The van der Waals surface area contributed by atoms with Crippen LogP contribution in [0.5, 0.6) is 0 Å². The molecule has 0 spiro atoms. The van der Waals surface area contributed by atoms with E-state index in [1.165, 1.54) is 0 Å². The van der Waals surface area contributed by atoms with E-state index in [0.29, 0.717) is 13.0 Å². The number of benzene rings is 3. The Balaban J connectivity index is 1.67. The molecule has 2 amide bonds. The Morgan fingerprint density at radius 1 is 0.886 bits per heavy atom. The third-order valence-corrected chi connectivity index (χ3v) is 7.01. The summed E-state index contributed by atoms with van der Waals surface area (Å²) in [5.74, 6) is -0.0757. The first-order valence-corrected chi connectivity index (χ1v) is 12.7. The van der Waals surface area contributed by atoms with Gasteiger partial charge in [0.05, 0.1) is 6.42 Å². The third kappa shape index (κ3) is 6.82. The van der Waals surface area contributed by atoms with Crippen molar-refractivity contribution in [2.45, 2.75) is 71.0 Å². The van der Waals surface area contributed by atoms with Gasteiger partial charge < -0.3 is 10.2 Å². The highest BCUT2D eigenvalue weighted by Crippen LogP contribution is 2.21. The van der Waals surface area contributed by atoms with Crippen molar-refractivity contribution in [2.75, 3.05) is 0 Å². The monoisotopic (exact) mass is 468 g/mol. The van der Waals surface area contributed by atoms with E-state index in [2.05, 4.69) is 30.4 Å². The number of carbonyl (C=O) groups excluding carboxylic acids is 2. The quantitative estimate of drug-likeness (QED) is 0.448. The Hall–Kier alpha value is -3.40. The van der Waals surface area contributed by atoms with Gasteiger partial charge in [0.2, 0.25) is 11.8 Å². The lowest BCUT2D eigenvalue weighted by atomic mass is 9.99. The number of hydrogen-bond donors (Lipinski definition) is 1. The van der Waals surface area contributed by atoms with E-state index >= 15 is 0 Å². The van der Waals surface area contributed by atoms with Gasteiger partial charge in [-0.05, 0) is 48.9 Å². The molecule has 1 aliphatic rings. The smallest absolute Gasteiger partial charge is 0.243 e. The average molecular weight is 469 g/mol. The number of carbonyl (C=O) groups is 2. The number of amides is 2. The minimum absolute atomic E-state index is 0.0265. The molecule has 1 N–H and O–H groups in total. The van der Waals surface area contributed by atoms with Crippen LogP contribution in [0, 0.1) is 13.8 Å². The van der Waals surface area contributed by atoms with Crippen LogP contribution in [0.25, 0.3) is 0 Å². The van der Waals surface area contributed by atoms with Gasteiger partial charge in [-0.25, -0.2) is 0 Å². The lowest BCUT2D eigenvalue weighted by Crippen LogP contribution is -2.52. The summed E-state index contributed by atoms with van der Waals surface area (Å²) in [4.78, 5) is 29.4. The normalized spacial score (nSPS) is 14.5. The van der Waals surface area contributed by atoms with E-state index in [0.717, 1.165) is 53.5 Å². The predicted octanol–water partition coefficient (Wildman–Crippen LogP) is 5.54. The fourth-order valence-corrected chi connectivity index (χ4v) is 4.99. The van der Waals surface area contributed by atoms with E-state index in [1.807, 2.05) is 72.5 Å². The topological polar surface area (TPSA) is 49.4 Å². The van der Waals surface area contributed by atoms with E-state index in [-0.39, 0.29) is 24.3 Å². The zero-order chi connectivity index (χ0) is 24.6. The van der Waals surface area contributed by atoms with Crippen LogP contribution in [-0.2, 0) is 29.0 Å². The molecule has 4 heteroatoms. The van der Waals surface area contributed by atoms with Crippen molar-refractivity contribution in [1.82, 2.24) is 10.2 Å². The second-order valence-electron chi connectivity index (χ2n) is 9.81. The lowest BCUT2D eigenvalue weighted by molar-refractivity contribution is -0.141. The zero-order valence-corrected chi connectivity index (χ0v) is 20.9. The van der Waals surface area contributed by atoms with Crippen LogP contribution in [-0.4, -0.2) is 28.8 Å². The Morgan fingerprint density at radius 2 is 1.57 bits per heavy atom. The number of aryl methyl sites for hydroxylation is 2. The van der Waals surface area contributed by atoms with Crippen molar-refractivity contribution >= 4 is 11.8 Å². The fourth-order valence-electron chi connectivity index (χ4n) is 4.99. The van der Waals surface area contributed by atoms with Gasteiger partial charge in [-0.1, -0.05) is 97.3 Å². The number of rotatable bonds is 9. The van der Waals surface area contributed by atoms with Gasteiger partial charge in [-0.3, -0.25) is 9.59 Å². The highest BCUT2D eigenvalue weighted by atomic mass is 16.2. The third-order valence-electron chi connectivity index (χ3n) is 7.01. The molecular formula is C31H36N2O2. The van der Waals surface area contributed by atoms with E-state index in [1.54, 1.807) is 0 Å². The molecule has 1 fully saturated rings. The van der Waals surface area contributed by atoms with Gasteiger partial charge in [0.15, 0.2) is 0 Å². The number of nitrogens with one attached hydrogen (secondary N) is 1. The van der Waals surface area contributed by atoms with Gasteiger partial charge in [0.25, 0.3) is 0 Å². The molecule has 0 saturated heterocycles. The molecule has 1 atom stereocenters. The maximum atomic E-state index is 13.9. The SMILES string of the molecule is Cc1cccc(CC(=O)N(Cc2ccccc2C)[C@@H](Cc2ccccc2)C(=O)NC2CCCC2)c1. The van der Waals surface area contributed by atoms with Crippen molar-refractivity contribution in [3.8, 4) is 0 Å². The Bertz CT molecular complexity index is 1140. The van der Waals surface area contributed by atoms with E-state index < -0.39 is 6.04 Å². The van der Waals surface area contributed by atoms with Crippen molar-refractivity contribution in [2.24, 2.45) is 0 Å². The van der Waals surface area contributed by atoms with E-state index in [4.69, 9.17) is 0 Å². The molecule has 35 heavy (non-hydrogen) atoms. The molecule has 1 saturated carbocycles. The summed E-state index contributed by atoms with van der Waals surface area (Å²) in [7, 11) is 0. The first-order chi connectivity index (χ1) is 17.0. The molecule has 0 radical (unpaired) electrons. The van der Waals surface area contributed by atoms with Gasteiger partial charge in [-0.2, -0.15) is 0 Å². The van der Waals surface area contributed by atoms with Crippen LogP contribution >= 0.6 is 0 Å². The molecule has 0 unspecified atom stereocenters. The molecule has 0 aromatic heterocycles. The summed E-state index contributed by atoms with van der Waals surface area (Å²) in [6, 6.07) is 25.8. The van der Waals surface area contributed by atoms with Crippen molar-refractivity contribution in [3.63, 3.8) is 0 Å². The molecule has 0 aliphatic heterocycles. The summed E-state index contributed by atoms with van der Waals surface area (Å²) < 4.78 is 0. The van der Waals surface area contributed by atoms with Crippen LogP contribution in [0.4, 0.5) is 0 Å². The van der Waals surface area contributed by atoms with Crippen LogP contribution in [0.1, 0.15) is 53.5 Å². The number of hydrogen-bond acceptors (Lipinski definition) is 2. The molecule has 4 nitrogen and oxygen atoms in total. The number of nitrogens with zero attached hydrogens (tertiary/aromatic N) is 1. The molecular weight excluding hydrogens is 432 g/mol. The van der Waals surface area contributed by atoms with Crippen LogP contribution < -0.4 is 5.32 Å². The van der Waals surface area contributed by atoms with Crippen molar-refractivity contribution in [3.05, 3.63) is 107 Å². The Labute approximate surface area is 209 Å². The maximum absolute atomic E-state index is 13.9. The largest absolute Gasteiger partial charge is 0.352 e. The molecule has 4 rings (SSSR count). The van der Waals surface area contributed by atoms with Gasteiger partial charge in [-0.15, -0.1) is 0 Å². The van der Waals surface area contributed by atoms with Crippen LogP contribution in [0.2, 0.25) is 0 Å². The molecule has 0 heterocycles. The molecule has 1 aliphatic carbocycles. The van der Waals surface area contributed by atoms with Crippen LogP contribution in [0.15, 0.2) is 78.9 Å². The standard InChI is InChI=1S/C31H36N2O2/c1-23-11-10-15-26(19-23)21-30(34)33(22-27-16-7-6-12-24(27)2)29(20-25-13-4-3-5-14-25)31(35)32-28-17-8-9-18-28/h3-7,10-16,19,28-29H,8-9,17-18,20-22H2,1-2H3,(H,32,35)/t29-/m0/s1. The lowest BCUT2D eigenvalue weighted by Gasteiger charge is -2.33. The molecule has 0 bridgehead atoms. The zero-order valence-electron chi connectivity index (χ0n) is 20.9. The van der Waals surface area contributed by atoms with E-state index in [9.17, 15) is 9.59 Å². The minimum Gasteiger partial charge on any atom is -0.352 e. The molecule has 3 aromatic rings. The second kappa shape index (κ2) is 11.8. The summed E-state index contributed by atoms with van der Waals surface area (Å²) in [5.41, 5.74) is 5.34. The van der Waals surface area contributed by atoms with Gasteiger partial charge in [0.1, 0.15) is 6.04 Å². The molecule has 182 valence electrons. The van der Waals surface area contributed by atoms with Gasteiger partial charge >= 0.3 is 0 Å². The first kappa shape index (κ1) is 24.7. The second-order valence-corrected chi connectivity index (χ2v) is 9.81. The summed E-state index contributed by atoms with van der Waals surface area (Å²) in [6.07, 6.45) is 5.08. The van der Waals surface area contributed by atoms with Gasteiger partial charge in [0, 0.05) is 19.0 Å². The Morgan fingerprint density at radius 3 is 2.29 bits per heavy atom. The average Bonchev–Trinajstić information content (AvgIpc) is 3.36. The highest BCUT2D eigenvalue weighted by molar-refractivity contribution is 5.89.